The van der Waals surface area contributed by atoms with Gasteiger partial charge in [0.25, 0.3) is 0 Å². The van der Waals surface area contributed by atoms with Gasteiger partial charge in [-0.15, -0.1) is 6.58 Å². The first kappa shape index (κ1) is 12.2. The van der Waals surface area contributed by atoms with Crippen molar-refractivity contribution in [2.45, 2.75) is 25.3 Å². The molecule has 0 aromatic carbocycles. The Balaban J connectivity index is 2.64. The first-order valence-corrected chi connectivity index (χ1v) is 5.34. The standard InChI is InChI=1S/C11H20N2O2/c1-3-6-13(7-8-14)10(15)11(2,12)9-4-5-9/h3,9,14H,1,4-8,12H2,2H3. The van der Waals surface area contributed by atoms with Gasteiger partial charge in [-0.2, -0.15) is 0 Å². The quantitative estimate of drug-likeness (QED) is 0.615. The molecule has 86 valence electrons. The van der Waals surface area contributed by atoms with Crippen LogP contribution in [0.2, 0.25) is 0 Å². The van der Waals surface area contributed by atoms with Crippen LogP contribution in [0.5, 0.6) is 0 Å². The Morgan fingerprint density at radius 3 is 2.73 bits per heavy atom. The molecule has 0 bridgehead atoms. The van der Waals surface area contributed by atoms with Crippen LogP contribution >= 0.6 is 0 Å². The van der Waals surface area contributed by atoms with E-state index in [-0.39, 0.29) is 12.5 Å². The van der Waals surface area contributed by atoms with Crippen molar-refractivity contribution in [3.63, 3.8) is 0 Å². The molecule has 1 atom stereocenters. The lowest BCUT2D eigenvalue weighted by molar-refractivity contribution is -0.137. The summed E-state index contributed by atoms with van der Waals surface area (Å²) in [6.45, 7) is 6.10. The number of amides is 1. The van der Waals surface area contributed by atoms with Gasteiger partial charge in [0.05, 0.1) is 12.1 Å². The van der Waals surface area contributed by atoms with Crippen LogP contribution < -0.4 is 5.73 Å². The average molecular weight is 212 g/mol. The highest BCUT2D eigenvalue weighted by Gasteiger charge is 2.45. The predicted molar refractivity (Wildman–Crippen MR) is 59.2 cm³/mol. The zero-order chi connectivity index (χ0) is 11.5. The molecule has 1 amide bonds. The van der Waals surface area contributed by atoms with E-state index in [0.29, 0.717) is 19.0 Å². The number of nitrogens with zero attached hydrogens (tertiary/aromatic N) is 1. The van der Waals surface area contributed by atoms with E-state index in [1.807, 2.05) is 0 Å². The second-order valence-corrected chi connectivity index (χ2v) is 4.32. The van der Waals surface area contributed by atoms with E-state index in [1.165, 1.54) is 0 Å². The Bertz CT molecular complexity index is 247. The Labute approximate surface area is 90.7 Å². The molecule has 1 saturated carbocycles. The van der Waals surface area contributed by atoms with Gasteiger partial charge in [0.15, 0.2) is 0 Å². The summed E-state index contributed by atoms with van der Waals surface area (Å²) in [5.41, 5.74) is 5.24. The Hall–Kier alpha value is -0.870. The summed E-state index contributed by atoms with van der Waals surface area (Å²) in [6.07, 6.45) is 3.70. The molecule has 0 saturated heterocycles. The molecule has 1 unspecified atom stereocenters. The number of aliphatic hydroxyl groups is 1. The number of aliphatic hydroxyl groups excluding tert-OH is 1. The van der Waals surface area contributed by atoms with Crippen LogP contribution in [-0.2, 0) is 4.79 Å². The van der Waals surface area contributed by atoms with E-state index < -0.39 is 5.54 Å². The van der Waals surface area contributed by atoms with Crippen molar-refractivity contribution in [2.75, 3.05) is 19.7 Å². The molecule has 0 spiro atoms. The fraction of sp³-hybridized carbons (Fsp3) is 0.727. The second-order valence-electron chi connectivity index (χ2n) is 4.32. The number of rotatable bonds is 6. The molecule has 15 heavy (non-hydrogen) atoms. The average Bonchev–Trinajstić information content (AvgIpc) is 2.99. The van der Waals surface area contributed by atoms with E-state index in [1.54, 1.807) is 17.9 Å². The normalized spacial score (nSPS) is 19.4. The van der Waals surface area contributed by atoms with Crippen molar-refractivity contribution in [1.82, 2.24) is 4.90 Å². The maximum atomic E-state index is 12.1. The third-order valence-corrected chi connectivity index (χ3v) is 2.89. The van der Waals surface area contributed by atoms with Gasteiger partial charge in [-0.3, -0.25) is 4.79 Å². The third-order valence-electron chi connectivity index (χ3n) is 2.89. The van der Waals surface area contributed by atoms with Gasteiger partial charge in [0, 0.05) is 13.1 Å². The largest absolute Gasteiger partial charge is 0.395 e. The van der Waals surface area contributed by atoms with E-state index in [9.17, 15) is 4.79 Å². The summed E-state index contributed by atoms with van der Waals surface area (Å²) < 4.78 is 0. The van der Waals surface area contributed by atoms with Gasteiger partial charge in [-0.05, 0) is 25.7 Å². The van der Waals surface area contributed by atoms with Crippen LogP contribution in [0.25, 0.3) is 0 Å². The molecule has 0 radical (unpaired) electrons. The molecule has 1 aliphatic carbocycles. The summed E-state index contributed by atoms with van der Waals surface area (Å²) in [6, 6.07) is 0. The minimum absolute atomic E-state index is 0.0413. The van der Waals surface area contributed by atoms with Gasteiger partial charge < -0.3 is 15.7 Å². The molecule has 0 aromatic rings. The number of carbonyl (C=O) groups is 1. The van der Waals surface area contributed by atoms with Crippen LogP contribution in [-0.4, -0.2) is 41.1 Å². The molecule has 0 aliphatic heterocycles. The van der Waals surface area contributed by atoms with Crippen molar-refractivity contribution in [3.8, 4) is 0 Å². The molecule has 0 heterocycles. The minimum Gasteiger partial charge on any atom is -0.395 e. The minimum atomic E-state index is -0.780. The van der Waals surface area contributed by atoms with E-state index in [4.69, 9.17) is 10.8 Å². The van der Waals surface area contributed by atoms with E-state index in [0.717, 1.165) is 12.8 Å². The number of hydrogen-bond acceptors (Lipinski definition) is 3. The SMILES string of the molecule is C=CCN(CCO)C(=O)C(C)(N)C1CC1. The smallest absolute Gasteiger partial charge is 0.243 e. The molecule has 0 aromatic heterocycles. The predicted octanol–water partition coefficient (Wildman–Crippen LogP) is 0.121. The topological polar surface area (TPSA) is 66.6 Å². The monoisotopic (exact) mass is 212 g/mol. The Kier molecular flexibility index (Phi) is 3.88. The molecule has 3 N–H and O–H groups in total. The van der Waals surface area contributed by atoms with Gasteiger partial charge in [-0.25, -0.2) is 0 Å². The zero-order valence-electron chi connectivity index (χ0n) is 9.28. The lowest BCUT2D eigenvalue weighted by atomic mass is 9.95. The lowest BCUT2D eigenvalue weighted by Crippen LogP contribution is -2.55. The van der Waals surface area contributed by atoms with Crippen LogP contribution in [0.1, 0.15) is 19.8 Å². The Morgan fingerprint density at radius 2 is 2.33 bits per heavy atom. The zero-order valence-corrected chi connectivity index (χ0v) is 9.28. The van der Waals surface area contributed by atoms with Crippen LogP contribution in [0, 0.1) is 5.92 Å². The molecule has 1 aliphatic rings. The van der Waals surface area contributed by atoms with E-state index in [2.05, 4.69) is 6.58 Å². The van der Waals surface area contributed by atoms with E-state index >= 15 is 0 Å². The van der Waals surface area contributed by atoms with Crippen LogP contribution in [0.15, 0.2) is 12.7 Å². The maximum Gasteiger partial charge on any atom is 0.243 e. The van der Waals surface area contributed by atoms with Gasteiger partial charge >= 0.3 is 0 Å². The maximum absolute atomic E-state index is 12.1. The number of hydrogen-bond donors (Lipinski definition) is 2. The first-order chi connectivity index (χ1) is 7.04. The Morgan fingerprint density at radius 1 is 1.73 bits per heavy atom. The summed E-state index contributed by atoms with van der Waals surface area (Å²) in [5.74, 6) is 0.218. The molecule has 4 heteroatoms. The summed E-state index contributed by atoms with van der Waals surface area (Å²) in [7, 11) is 0. The fourth-order valence-corrected chi connectivity index (χ4v) is 1.75. The second kappa shape index (κ2) is 4.77. The number of carbonyl (C=O) groups excluding carboxylic acids is 1. The highest BCUT2D eigenvalue weighted by molar-refractivity contribution is 5.86. The summed E-state index contributed by atoms with van der Waals surface area (Å²) >= 11 is 0. The number of nitrogens with two attached hydrogens (primary N) is 1. The van der Waals surface area contributed by atoms with Crippen molar-refractivity contribution in [3.05, 3.63) is 12.7 Å². The van der Waals surface area contributed by atoms with Crippen molar-refractivity contribution in [1.29, 1.82) is 0 Å². The van der Waals surface area contributed by atoms with Gasteiger partial charge in [0.2, 0.25) is 5.91 Å². The molecular weight excluding hydrogens is 192 g/mol. The molecular formula is C11H20N2O2. The van der Waals surface area contributed by atoms with Crippen molar-refractivity contribution < 1.29 is 9.90 Å². The third kappa shape index (κ3) is 2.79. The van der Waals surface area contributed by atoms with Crippen molar-refractivity contribution >= 4 is 5.91 Å². The molecule has 1 rings (SSSR count). The van der Waals surface area contributed by atoms with Crippen LogP contribution in [0.3, 0.4) is 0 Å². The highest BCUT2D eigenvalue weighted by Crippen LogP contribution is 2.38. The molecule has 4 nitrogen and oxygen atoms in total. The fourth-order valence-electron chi connectivity index (χ4n) is 1.75. The first-order valence-electron chi connectivity index (χ1n) is 5.34. The summed E-state index contributed by atoms with van der Waals surface area (Å²) in [4.78, 5) is 13.6. The summed E-state index contributed by atoms with van der Waals surface area (Å²) in [5, 5.41) is 8.86. The highest BCUT2D eigenvalue weighted by atomic mass is 16.3. The van der Waals surface area contributed by atoms with Crippen molar-refractivity contribution in [2.24, 2.45) is 11.7 Å². The van der Waals surface area contributed by atoms with Crippen LogP contribution in [0.4, 0.5) is 0 Å². The van der Waals surface area contributed by atoms with Gasteiger partial charge in [0.1, 0.15) is 0 Å². The lowest BCUT2D eigenvalue weighted by Gasteiger charge is -2.30. The van der Waals surface area contributed by atoms with Gasteiger partial charge in [-0.1, -0.05) is 6.08 Å². The molecule has 1 fully saturated rings.